The normalized spacial score (nSPS) is 16.9. The van der Waals surface area contributed by atoms with E-state index in [0.717, 1.165) is 16.3 Å². The van der Waals surface area contributed by atoms with Gasteiger partial charge in [-0.25, -0.2) is 8.42 Å². The Morgan fingerprint density at radius 2 is 2.20 bits per heavy atom. The molecule has 1 N–H and O–H groups in total. The minimum absolute atomic E-state index is 0.100. The Hall–Kier alpha value is -1.85. The Morgan fingerprint density at radius 1 is 1.44 bits per heavy atom. The fraction of sp³-hybridized carbons (Fsp3) is 0.357. The lowest BCUT2D eigenvalue weighted by Crippen LogP contribution is -2.48. The molecule has 0 saturated heterocycles. The van der Waals surface area contributed by atoms with Gasteiger partial charge in [0.25, 0.3) is 5.91 Å². The van der Waals surface area contributed by atoms with Crippen molar-refractivity contribution in [3.05, 3.63) is 24.3 Å². The molecule has 1 aliphatic rings. The summed E-state index contributed by atoms with van der Waals surface area (Å²) >= 11 is 2.79. The van der Waals surface area contributed by atoms with E-state index in [2.05, 4.69) is 15.5 Å². The van der Waals surface area contributed by atoms with Crippen molar-refractivity contribution in [2.75, 3.05) is 28.2 Å². The number of carbonyl (C=O) groups excluding carboxylic acids is 1. The molecule has 2 aromatic rings. The van der Waals surface area contributed by atoms with Gasteiger partial charge < -0.3 is 4.74 Å². The first-order valence-corrected chi connectivity index (χ1v) is 11.0. The van der Waals surface area contributed by atoms with E-state index in [1.54, 1.807) is 24.3 Å². The summed E-state index contributed by atoms with van der Waals surface area (Å²) in [7, 11) is -3.54. The number of amides is 1. The van der Waals surface area contributed by atoms with Crippen LogP contribution in [-0.2, 0) is 14.8 Å². The smallest absolute Gasteiger partial charge is 0.269 e. The number of nitrogens with zero attached hydrogens (tertiary/aromatic N) is 3. The second-order valence-electron chi connectivity index (χ2n) is 5.16. The number of hydrogen-bond acceptors (Lipinski definition) is 8. The Bertz CT molecular complexity index is 884. The molecule has 0 spiro atoms. The summed E-state index contributed by atoms with van der Waals surface area (Å²) in [5.74, 6) is 0.736. The van der Waals surface area contributed by atoms with Crippen molar-refractivity contribution in [2.24, 2.45) is 0 Å². The number of hydrogen-bond donors (Lipinski definition) is 1. The van der Waals surface area contributed by atoms with Gasteiger partial charge in [0, 0.05) is 0 Å². The molecule has 11 heteroatoms. The maximum Gasteiger partial charge on any atom is 0.269 e. The Labute approximate surface area is 153 Å². The number of anilines is 2. The fourth-order valence-electron chi connectivity index (χ4n) is 2.28. The van der Waals surface area contributed by atoms with Crippen LogP contribution in [0.2, 0.25) is 0 Å². The Morgan fingerprint density at radius 3 is 2.92 bits per heavy atom. The molecule has 0 fully saturated rings. The van der Waals surface area contributed by atoms with Crippen LogP contribution in [0.4, 0.5) is 10.8 Å². The molecular weight excluding hydrogens is 384 g/mol. The van der Waals surface area contributed by atoms with Crippen molar-refractivity contribution in [3.63, 3.8) is 0 Å². The Kier molecular flexibility index (Phi) is 5.16. The highest BCUT2D eigenvalue weighted by Crippen LogP contribution is 2.35. The summed E-state index contributed by atoms with van der Waals surface area (Å²) in [4.78, 5) is 12.5. The average molecular weight is 401 g/mol. The third-order valence-corrected chi connectivity index (χ3v) is 6.33. The number of ether oxygens (including phenoxy) is 1. The standard InChI is InChI=1S/C14H16N4O4S3/c1-3-23-14-17-16-13(24-14)15-12(19)11-8-18(25(2,20)21)9-6-4-5-7-10(9)22-11/h4-7,11H,3,8H2,1-2H3,(H,15,16,19). The van der Waals surface area contributed by atoms with Crippen molar-refractivity contribution in [2.45, 2.75) is 17.4 Å². The van der Waals surface area contributed by atoms with Gasteiger partial charge in [-0.15, -0.1) is 10.2 Å². The summed E-state index contributed by atoms with van der Waals surface area (Å²) < 4.78 is 31.7. The number of benzene rings is 1. The highest BCUT2D eigenvalue weighted by Gasteiger charge is 2.35. The van der Waals surface area contributed by atoms with E-state index >= 15 is 0 Å². The first-order valence-electron chi connectivity index (χ1n) is 7.39. The molecular formula is C14H16N4O4S3. The Balaban J connectivity index is 1.79. The van der Waals surface area contributed by atoms with Gasteiger partial charge in [0.15, 0.2) is 10.4 Å². The molecule has 134 valence electrons. The molecule has 1 aromatic carbocycles. The van der Waals surface area contributed by atoms with Gasteiger partial charge in [-0.05, 0) is 17.9 Å². The molecule has 0 radical (unpaired) electrons. The molecule has 25 heavy (non-hydrogen) atoms. The van der Waals surface area contributed by atoms with Crippen molar-refractivity contribution >= 4 is 49.8 Å². The number of rotatable bonds is 5. The molecule has 1 atom stereocenters. The van der Waals surface area contributed by atoms with E-state index in [0.29, 0.717) is 16.6 Å². The third-order valence-electron chi connectivity index (χ3n) is 3.33. The zero-order valence-corrected chi connectivity index (χ0v) is 15.9. The maximum atomic E-state index is 12.5. The number of para-hydroxylation sites is 2. The number of fused-ring (bicyclic) bond motifs is 1. The summed E-state index contributed by atoms with van der Waals surface area (Å²) in [6.45, 7) is 1.90. The average Bonchev–Trinajstić information content (AvgIpc) is 3.00. The van der Waals surface area contributed by atoms with Crippen LogP contribution in [0.25, 0.3) is 0 Å². The fourth-order valence-corrected chi connectivity index (χ4v) is 4.85. The van der Waals surface area contributed by atoms with E-state index in [-0.39, 0.29) is 6.54 Å². The van der Waals surface area contributed by atoms with E-state index in [1.165, 1.54) is 27.4 Å². The summed E-state index contributed by atoms with van der Waals surface area (Å²) in [5.41, 5.74) is 0.423. The molecule has 1 amide bonds. The molecule has 0 aliphatic carbocycles. The van der Waals surface area contributed by atoms with Gasteiger partial charge >= 0.3 is 0 Å². The predicted octanol–water partition coefficient (Wildman–Crippen LogP) is 1.82. The van der Waals surface area contributed by atoms with Crippen LogP contribution in [0.15, 0.2) is 28.6 Å². The van der Waals surface area contributed by atoms with Crippen molar-refractivity contribution in [1.82, 2.24) is 10.2 Å². The summed E-state index contributed by atoms with van der Waals surface area (Å²) in [6, 6.07) is 6.71. The van der Waals surface area contributed by atoms with Crippen LogP contribution in [-0.4, -0.2) is 49.2 Å². The van der Waals surface area contributed by atoms with Crippen LogP contribution >= 0.6 is 23.1 Å². The second kappa shape index (κ2) is 7.18. The lowest BCUT2D eigenvalue weighted by atomic mass is 10.2. The van der Waals surface area contributed by atoms with Gasteiger partial charge in [0.2, 0.25) is 15.2 Å². The van der Waals surface area contributed by atoms with Crippen LogP contribution in [0, 0.1) is 0 Å². The monoisotopic (exact) mass is 400 g/mol. The molecule has 1 aliphatic heterocycles. The first-order chi connectivity index (χ1) is 11.9. The quantitative estimate of drug-likeness (QED) is 0.603. The van der Waals surface area contributed by atoms with E-state index in [9.17, 15) is 13.2 Å². The highest BCUT2D eigenvalue weighted by atomic mass is 32.2. The first kappa shape index (κ1) is 18.0. The van der Waals surface area contributed by atoms with Gasteiger partial charge in [0.1, 0.15) is 5.75 Å². The SMILES string of the molecule is CCSc1nnc(NC(=O)C2CN(S(C)(=O)=O)c3ccccc3O2)s1. The predicted molar refractivity (Wildman–Crippen MR) is 98.0 cm³/mol. The maximum absolute atomic E-state index is 12.5. The number of aromatic nitrogens is 2. The molecule has 0 bridgehead atoms. The minimum Gasteiger partial charge on any atom is -0.476 e. The van der Waals surface area contributed by atoms with Crippen LogP contribution in [0.5, 0.6) is 5.75 Å². The van der Waals surface area contributed by atoms with Gasteiger partial charge in [0.05, 0.1) is 18.5 Å². The van der Waals surface area contributed by atoms with E-state index in [4.69, 9.17) is 4.74 Å². The minimum atomic E-state index is -3.54. The zero-order valence-electron chi connectivity index (χ0n) is 13.5. The van der Waals surface area contributed by atoms with E-state index in [1.807, 2.05) is 6.92 Å². The summed E-state index contributed by atoms with van der Waals surface area (Å²) in [5, 5.41) is 10.9. The molecule has 3 rings (SSSR count). The second-order valence-corrected chi connectivity index (χ2v) is 9.56. The lowest BCUT2D eigenvalue weighted by molar-refractivity contribution is -0.122. The van der Waals surface area contributed by atoms with Gasteiger partial charge in [-0.1, -0.05) is 42.2 Å². The topological polar surface area (TPSA) is 101 Å². The van der Waals surface area contributed by atoms with E-state index < -0.39 is 22.0 Å². The van der Waals surface area contributed by atoms with Crippen LogP contribution in [0.1, 0.15) is 6.92 Å². The van der Waals surface area contributed by atoms with Crippen LogP contribution in [0.3, 0.4) is 0 Å². The van der Waals surface area contributed by atoms with Crippen molar-refractivity contribution < 1.29 is 17.9 Å². The molecule has 1 aromatic heterocycles. The zero-order chi connectivity index (χ0) is 18.0. The number of thioether (sulfide) groups is 1. The van der Waals surface area contributed by atoms with Gasteiger partial charge in [-0.3, -0.25) is 14.4 Å². The van der Waals surface area contributed by atoms with Crippen LogP contribution < -0.4 is 14.4 Å². The molecule has 1 unspecified atom stereocenters. The number of nitrogens with one attached hydrogen (secondary N) is 1. The van der Waals surface area contributed by atoms with Crippen molar-refractivity contribution in [1.29, 1.82) is 0 Å². The highest BCUT2D eigenvalue weighted by molar-refractivity contribution is 8.01. The summed E-state index contributed by atoms with van der Waals surface area (Å²) in [6.07, 6.45) is 0.124. The molecule has 0 saturated carbocycles. The lowest BCUT2D eigenvalue weighted by Gasteiger charge is -2.33. The largest absolute Gasteiger partial charge is 0.476 e. The van der Waals surface area contributed by atoms with Gasteiger partial charge in [-0.2, -0.15) is 0 Å². The molecule has 8 nitrogen and oxygen atoms in total. The number of carbonyl (C=O) groups is 1. The van der Waals surface area contributed by atoms with Crippen molar-refractivity contribution in [3.8, 4) is 5.75 Å². The third kappa shape index (κ3) is 4.05. The molecule has 2 heterocycles. The number of sulfonamides is 1.